The predicted molar refractivity (Wildman–Crippen MR) is 57.5 cm³/mol. The maximum atomic E-state index is 5.44. The van der Waals surface area contributed by atoms with E-state index in [1.54, 1.807) is 6.07 Å². The molecule has 0 radical (unpaired) electrons. The molecule has 15 heavy (non-hydrogen) atoms. The van der Waals surface area contributed by atoms with Gasteiger partial charge in [0, 0.05) is 11.6 Å². The van der Waals surface area contributed by atoms with Crippen LogP contribution in [0.5, 0.6) is 5.75 Å². The number of benzene rings is 1. The van der Waals surface area contributed by atoms with Gasteiger partial charge >= 0.3 is 0 Å². The van der Waals surface area contributed by atoms with Gasteiger partial charge in [0.05, 0.1) is 6.61 Å². The van der Waals surface area contributed by atoms with Crippen LogP contribution in [0.15, 0.2) is 34.9 Å². The molecule has 0 unspecified atom stereocenters. The van der Waals surface area contributed by atoms with Crippen LogP contribution < -0.4 is 10.5 Å². The lowest BCUT2D eigenvalue weighted by Crippen LogP contribution is -1.90. The molecule has 0 aliphatic rings. The average Bonchev–Trinajstić information content (AvgIpc) is 2.67. The van der Waals surface area contributed by atoms with E-state index in [1.165, 1.54) is 0 Å². The van der Waals surface area contributed by atoms with Gasteiger partial charge in [0.15, 0.2) is 0 Å². The highest BCUT2D eigenvalue weighted by Crippen LogP contribution is 2.22. The van der Waals surface area contributed by atoms with E-state index >= 15 is 0 Å². The van der Waals surface area contributed by atoms with Gasteiger partial charge < -0.3 is 15.0 Å². The Hall–Kier alpha value is -1.97. The molecule has 0 bridgehead atoms. The predicted octanol–water partition coefficient (Wildman–Crippen LogP) is 2.32. The summed E-state index contributed by atoms with van der Waals surface area (Å²) < 4.78 is 10.1. The zero-order chi connectivity index (χ0) is 10.7. The van der Waals surface area contributed by atoms with Gasteiger partial charge in [0.1, 0.15) is 11.4 Å². The number of ether oxygens (including phenoxy) is 1. The lowest BCUT2D eigenvalue weighted by atomic mass is 10.1. The Balaban J connectivity index is 2.23. The summed E-state index contributed by atoms with van der Waals surface area (Å²) in [6.45, 7) is 2.61. The molecule has 2 aromatic rings. The second kappa shape index (κ2) is 4.04. The molecule has 2 N–H and O–H groups in total. The maximum Gasteiger partial charge on any atom is 0.222 e. The van der Waals surface area contributed by atoms with E-state index in [4.69, 9.17) is 15.0 Å². The fraction of sp³-hybridized carbons (Fsp3) is 0.182. The summed E-state index contributed by atoms with van der Waals surface area (Å²) >= 11 is 0. The van der Waals surface area contributed by atoms with E-state index in [0.717, 1.165) is 17.0 Å². The summed E-state index contributed by atoms with van der Waals surface area (Å²) in [5.41, 5.74) is 7.13. The topological polar surface area (TPSA) is 61.3 Å². The number of hydrogen-bond acceptors (Lipinski definition) is 4. The van der Waals surface area contributed by atoms with Gasteiger partial charge in [-0.1, -0.05) is 5.16 Å². The number of anilines is 1. The Bertz CT molecular complexity index is 434. The first-order valence-corrected chi connectivity index (χ1v) is 4.75. The first kappa shape index (κ1) is 9.58. The van der Waals surface area contributed by atoms with E-state index in [2.05, 4.69) is 5.16 Å². The fourth-order valence-electron chi connectivity index (χ4n) is 1.31. The molecule has 1 aromatic heterocycles. The third kappa shape index (κ3) is 2.10. The van der Waals surface area contributed by atoms with Crippen molar-refractivity contribution in [3.63, 3.8) is 0 Å². The SMILES string of the molecule is CCOc1ccc(-c2cc(N)on2)cc1. The first-order valence-electron chi connectivity index (χ1n) is 4.75. The van der Waals surface area contributed by atoms with Crippen LogP contribution in [0, 0.1) is 0 Å². The second-order valence-corrected chi connectivity index (χ2v) is 3.07. The van der Waals surface area contributed by atoms with Gasteiger partial charge in [-0.05, 0) is 31.2 Å². The summed E-state index contributed by atoms with van der Waals surface area (Å²) in [6, 6.07) is 9.31. The molecule has 1 aromatic carbocycles. The maximum absolute atomic E-state index is 5.44. The fourth-order valence-corrected chi connectivity index (χ4v) is 1.31. The lowest BCUT2D eigenvalue weighted by Gasteiger charge is -2.02. The third-order valence-electron chi connectivity index (χ3n) is 1.99. The normalized spacial score (nSPS) is 10.2. The van der Waals surface area contributed by atoms with Gasteiger partial charge in [0.25, 0.3) is 0 Å². The van der Waals surface area contributed by atoms with Crippen LogP contribution in [0.2, 0.25) is 0 Å². The van der Waals surface area contributed by atoms with E-state index in [1.807, 2.05) is 31.2 Å². The Morgan fingerprint density at radius 1 is 1.33 bits per heavy atom. The highest BCUT2D eigenvalue weighted by atomic mass is 16.5. The van der Waals surface area contributed by atoms with Crippen molar-refractivity contribution >= 4 is 5.88 Å². The number of nitrogen functional groups attached to an aromatic ring is 1. The summed E-state index contributed by atoms with van der Waals surface area (Å²) in [7, 11) is 0. The van der Waals surface area contributed by atoms with Crippen LogP contribution in [0.1, 0.15) is 6.92 Å². The molecule has 78 valence electrons. The van der Waals surface area contributed by atoms with Gasteiger partial charge in [-0.15, -0.1) is 0 Å². The number of rotatable bonds is 3. The Morgan fingerprint density at radius 2 is 2.07 bits per heavy atom. The second-order valence-electron chi connectivity index (χ2n) is 3.07. The van der Waals surface area contributed by atoms with Crippen molar-refractivity contribution in [3.05, 3.63) is 30.3 Å². The van der Waals surface area contributed by atoms with Crippen molar-refractivity contribution in [2.24, 2.45) is 0 Å². The smallest absolute Gasteiger partial charge is 0.222 e. The molecule has 0 saturated carbocycles. The zero-order valence-electron chi connectivity index (χ0n) is 8.43. The summed E-state index contributed by atoms with van der Waals surface area (Å²) in [5.74, 6) is 1.16. The molecule has 0 spiro atoms. The molecule has 1 heterocycles. The summed E-state index contributed by atoms with van der Waals surface area (Å²) in [6.07, 6.45) is 0. The number of aromatic nitrogens is 1. The van der Waals surface area contributed by atoms with Crippen LogP contribution >= 0.6 is 0 Å². The van der Waals surface area contributed by atoms with Gasteiger partial charge in [-0.3, -0.25) is 0 Å². The molecule has 0 aliphatic heterocycles. The molecule has 4 nitrogen and oxygen atoms in total. The van der Waals surface area contributed by atoms with Crippen LogP contribution in [0.3, 0.4) is 0 Å². The largest absolute Gasteiger partial charge is 0.494 e. The van der Waals surface area contributed by atoms with Crippen LogP contribution in [0.4, 0.5) is 5.88 Å². The highest BCUT2D eigenvalue weighted by molar-refractivity contribution is 5.61. The molecule has 2 rings (SSSR count). The molecule has 0 fully saturated rings. The van der Waals surface area contributed by atoms with Crippen molar-refractivity contribution < 1.29 is 9.26 Å². The molecular weight excluding hydrogens is 192 g/mol. The first-order chi connectivity index (χ1) is 7.29. The van der Waals surface area contributed by atoms with E-state index in [-0.39, 0.29) is 0 Å². The molecule has 0 amide bonds. The lowest BCUT2D eigenvalue weighted by molar-refractivity contribution is 0.340. The molecule has 0 aliphatic carbocycles. The Kier molecular flexibility index (Phi) is 2.58. The van der Waals surface area contributed by atoms with Crippen molar-refractivity contribution in [2.45, 2.75) is 6.92 Å². The quantitative estimate of drug-likeness (QED) is 0.833. The molecule has 4 heteroatoms. The van der Waals surface area contributed by atoms with Crippen molar-refractivity contribution in [1.29, 1.82) is 0 Å². The van der Waals surface area contributed by atoms with E-state index in [9.17, 15) is 0 Å². The molecular formula is C11H12N2O2. The van der Waals surface area contributed by atoms with Crippen molar-refractivity contribution in [2.75, 3.05) is 12.3 Å². The number of nitrogens with zero attached hydrogens (tertiary/aromatic N) is 1. The van der Waals surface area contributed by atoms with Crippen LogP contribution in [0.25, 0.3) is 11.3 Å². The van der Waals surface area contributed by atoms with Crippen LogP contribution in [-0.4, -0.2) is 11.8 Å². The highest BCUT2D eigenvalue weighted by Gasteiger charge is 2.03. The Morgan fingerprint density at radius 3 is 2.60 bits per heavy atom. The summed E-state index contributed by atoms with van der Waals surface area (Å²) in [4.78, 5) is 0. The number of hydrogen-bond donors (Lipinski definition) is 1. The number of nitrogens with two attached hydrogens (primary N) is 1. The average molecular weight is 204 g/mol. The minimum absolute atomic E-state index is 0.318. The van der Waals surface area contributed by atoms with Crippen LogP contribution in [-0.2, 0) is 0 Å². The summed E-state index contributed by atoms with van der Waals surface area (Å²) in [5, 5.41) is 3.82. The van der Waals surface area contributed by atoms with Gasteiger partial charge in [-0.2, -0.15) is 0 Å². The zero-order valence-corrected chi connectivity index (χ0v) is 8.43. The van der Waals surface area contributed by atoms with Crippen molar-refractivity contribution in [3.8, 4) is 17.0 Å². The van der Waals surface area contributed by atoms with Gasteiger partial charge in [0.2, 0.25) is 5.88 Å². The molecule has 0 saturated heterocycles. The monoisotopic (exact) mass is 204 g/mol. The minimum atomic E-state index is 0.318. The van der Waals surface area contributed by atoms with Crippen molar-refractivity contribution in [1.82, 2.24) is 5.16 Å². The van der Waals surface area contributed by atoms with E-state index in [0.29, 0.717) is 12.5 Å². The van der Waals surface area contributed by atoms with Gasteiger partial charge in [-0.25, -0.2) is 0 Å². The van der Waals surface area contributed by atoms with E-state index < -0.39 is 0 Å². The third-order valence-corrected chi connectivity index (χ3v) is 1.99. The minimum Gasteiger partial charge on any atom is -0.494 e. The Labute approximate surface area is 87.6 Å². The molecule has 0 atom stereocenters. The standard InChI is InChI=1S/C11H12N2O2/c1-2-14-9-5-3-8(4-6-9)10-7-11(12)15-13-10/h3-7H,2,12H2,1H3.